The highest BCUT2D eigenvalue weighted by Crippen LogP contribution is 2.27. The van der Waals surface area contributed by atoms with E-state index >= 15 is 0 Å². The molecular formula is C12H17ClO5S. The average Bonchev–Trinajstić information content (AvgIpc) is 2.34. The van der Waals surface area contributed by atoms with E-state index in [1.807, 2.05) is 0 Å². The lowest BCUT2D eigenvalue weighted by Crippen LogP contribution is -2.11. The number of aryl methyl sites for hydroxylation is 1. The Bertz CT molecular complexity index is 501. The van der Waals surface area contributed by atoms with Gasteiger partial charge in [0.05, 0.1) is 19.8 Å². The minimum atomic E-state index is -3.82. The van der Waals surface area contributed by atoms with Gasteiger partial charge in [0.2, 0.25) is 0 Å². The Hall–Kier alpha value is -0.820. The maximum absolute atomic E-state index is 11.4. The molecule has 0 saturated carbocycles. The third-order valence-corrected chi connectivity index (χ3v) is 3.62. The fraction of sp³-hybridized carbons (Fsp3) is 0.500. The number of methoxy groups -OCH3 is 1. The van der Waals surface area contributed by atoms with Crippen molar-refractivity contribution >= 4 is 19.7 Å². The van der Waals surface area contributed by atoms with Gasteiger partial charge in [-0.1, -0.05) is 6.07 Å². The van der Waals surface area contributed by atoms with E-state index in [1.54, 1.807) is 26.2 Å². The average molecular weight is 309 g/mol. The molecule has 1 aromatic carbocycles. The van der Waals surface area contributed by atoms with Gasteiger partial charge in [-0.25, -0.2) is 8.42 Å². The van der Waals surface area contributed by atoms with Crippen LogP contribution >= 0.6 is 10.7 Å². The Morgan fingerprint density at radius 1 is 1.16 bits per heavy atom. The third-order valence-electron chi connectivity index (χ3n) is 2.28. The van der Waals surface area contributed by atoms with Crippen LogP contribution in [0.5, 0.6) is 5.75 Å². The van der Waals surface area contributed by atoms with Crippen LogP contribution in [0, 0.1) is 6.92 Å². The van der Waals surface area contributed by atoms with Crippen LogP contribution in [0.3, 0.4) is 0 Å². The highest BCUT2D eigenvalue weighted by Gasteiger charge is 2.17. The Labute approximate surface area is 117 Å². The molecule has 0 aliphatic rings. The van der Waals surface area contributed by atoms with Crippen molar-refractivity contribution in [1.82, 2.24) is 0 Å². The normalized spacial score (nSPS) is 11.5. The largest absolute Gasteiger partial charge is 0.490 e. The molecule has 0 atom stereocenters. The van der Waals surface area contributed by atoms with E-state index in [2.05, 4.69) is 0 Å². The van der Waals surface area contributed by atoms with Crippen molar-refractivity contribution in [2.75, 3.05) is 33.5 Å². The smallest absolute Gasteiger partial charge is 0.264 e. The van der Waals surface area contributed by atoms with Crippen molar-refractivity contribution in [3.8, 4) is 5.75 Å². The monoisotopic (exact) mass is 308 g/mol. The van der Waals surface area contributed by atoms with Gasteiger partial charge in [0.25, 0.3) is 9.05 Å². The number of halogens is 1. The molecule has 0 bridgehead atoms. The highest BCUT2D eigenvalue weighted by atomic mass is 35.7. The second-order valence-electron chi connectivity index (χ2n) is 3.84. The molecule has 1 aromatic rings. The minimum absolute atomic E-state index is 0.0222. The molecule has 7 heteroatoms. The zero-order valence-corrected chi connectivity index (χ0v) is 12.5. The van der Waals surface area contributed by atoms with E-state index < -0.39 is 9.05 Å². The Balaban J connectivity index is 2.59. The topological polar surface area (TPSA) is 61.8 Å². The summed E-state index contributed by atoms with van der Waals surface area (Å²) in [5.74, 6) is 0.232. The molecule has 19 heavy (non-hydrogen) atoms. The van der Waals surface area contributed by atoms with E-state index in [0.29, 0.717) is 19.8 Å². The summed E-state index contributed by atoms with van der Waals surface area (Å²) >= 11 is 0. The maximum atomic E-state index is 11.4. The Kier molecular flexibility index (Phi) is 6.57. The molecule has 0 aliphatic heterocycles. The van der Waals surface area contributed by atoms with E-state index in [-0.39, 0.29) is 17.3 Å². The predicted octanol–water partition coefficient (Wildman–Crippen LogP) is 1.96. The zero-order chi connectivity index (χ0) is 14.3. The van der Waals surface area contributed by atoms with Crippen LogP contribution in [0.15, 0.2) is 23.1 Å². The molecule has 108 valence electrons. The number of rotatable bonds is 8. The summed E-state index contributed by atoms with van der Waals surface area (Å²) in [7, 11) is 3.13. The van der Waals surface area contributed by atoms with Crippen molar-refractivity contribution < 1.29 is 22.6 Å². The predicted molar refractivity (Wildman–Crippen MR) is 72.4 cm³/mol. The molecular weight excluding hydrogens is 292 g/mol. The van der Waals surface area contributed by atoms with Crippen molar-refractivity contribution in [3.05, 3.63) is 23.8 Å². The number of benzene rings is 1. The summed E-state index contributed by atoms with van der Waals surface area (Å²) in [5.41, 5.74) is 0.794. The van der Waals surface area contributed by atoms with Gasteiger partial charge in [-0.05, 0) is 24.6 Å². The minimum Gasteiger partial charge on any atom is -0.490 e. The molecule has 0 radical (unpaired) electrons. The number of hydrogen-bond acceptors (Lipinski definition) is 5. The van der Waals surface area contributed by atoms with Gasteiger partial charge in [-0.15, -0.1) is 0 Å². The first-order valence-corrected chi connectivity index (χ1v) is 8.01. The molecule has 0 amide bonds. The van der Waals surface area contributed by atoms with Crippen LogP contribution in [-0.2, 0) is 18.5 Å². The van der Waals surface area contributed by atoms with Crippen LogP contribution in [0.2, 0.25) is 0 Å². The van der Waals surface area contributed by atoms with Gasteiger partial charge in [0.15, 0.2) is 0 Å². The van der Waals surface area contributed by atoms with Gasteiger partial charge in [0.1, 0.15) is 17.3 Å². The maximum Gasteiger partial charge on any atom is 0.264 e. The standard InChI is InChI=1S/C12H17ClO5S/c1-10-3-4-11(12(9-10)19(13,14)15)18-8-7-17-6-5-16-2/h3-4,9H,5-8H2,1-2H3. The fourth-order valence-electron chi connectivity index (χ4n) is 1.38. The van der Waals surface area contributed by atoms with Gasteiger partial charge < -0.3 is 14.2 Å². The lowest BCUT2D eigenvalue weighted by molar-refractivity contribution is 0.0539. The molecule has 0 aromatic heterocycles. The first-order valence-electron chi connectivity index (χ1n) is 5.70. The van der Waals surface area contributed by atoms with Gasteiger partial charge in [0, 0.05) is 17.8 Å². The van der Waals surface area contributed by atoms with Crippen LogP contribution in [0.1, 0.15) is 5.56 Å². The zero-order valence-electron chi connectivity index (χ0n) is 10.9. The quantitative estimate of drug-likeness (QED) is 0.543. The van der Waals surface area contributed by atoms with Crippen LogP contribution < -0.4 is 4.74 Å². The van der Waals surface area contributed by atoms with Crippen molar-refractivity contribution in [3.63, 3.8) is 0 Å². The molecule has 0 fully saturated rings. The van der Waals surface area contributed by atoms with Crippen molar-refractivity contribution in [2.24, 2.45) is 0 Å². The van der Waals surface area contributed by atoms with Crippen LogP contribution in [0.4, 0.5) is 0 Å². The van der Waals surface area contributed by atoms with E-state index in [0.717, 1.165) is 5.56 Å². The van der Waals surface area contributed by atoms with Gasteiger partial charge in [-0.3, -0.25) is 0 Å². The number of hydrogen-bond donors (Lipinski definition) is 0. The molecule has 5 nitrogen and oxygen atoms in total. The fourth-order valence-corrected chi connectivity index (χ4v) is 2.44. The van der Waals surface area contributed by atoms with Crippen molar-refractivity contribution in [2.45, 2.75) is 11.8 Å². The summed E-state index contributed by atoms with van der Waals surface area (Å²) < 4.78 is 38.2. The number of ether oxygens (including phenoxy) is 3. The Morgan fingerprint density at radius 3 is 2.47 bits per heavy atom. The first kappa shape index (κ1) is 16.2. The lowest BCUT2D eigenvalue weighted by atomic mass is 10.2. The Morgan fingerprint density at radius 2 is 1.84 bits per heavy atom. The van der Waals surface area contributed by atoms with Crippen LogP contribution in [-0.4, -0.2) is 42.0 Å². The highest BCUT2D eigenvalue weighted by molar-refractivity contribution is 8.13. The third kappa shape index (κ3) is 5.78. The van der Waals surface area contributed by atoms with E-state index in [9.17, 15) is 8.42 Å². The first-order chi connectivity index (χ1) is 8.95. The summed E-state index contributed by atoms with van der Waals surface area (Å²) in [6, 6.07) is 4.82. The van der Waals surface area contributed by atoms with Crippen LogP contribution in [0.25, 0.3) is 0 Å². The molecule has 0 N–H and O–H groups in total. The summed E-state index contributed by atoms with van der Waals surface area (Å²) in [6.07, 6.45) is 0. The molecule has 0 spiro atoms. The second kappa shape index (κ2) is 7.69. The van der Waals surface area contributed by atoms with Gasteiger partial charge >= 0.3 is 0 Å². The van der Waals surface area contributed by atoms with E-state index in [4.69, 9.17) is 24.9 Å². The second-order valence-corrected chi connectivity index (χ2v) is 6.38. The SMILES string of the molecule is COCCOCCOc1ccc(C)cc1S(=O)(=O)Cl. The molecule has 1 rings (SSSR count). The molecule has 0 heterocycles. The van der Waals surface area contributed by atoms with Gasteiger partial charge in [-0.2, -0.15) is 0 Å². The molecule has 0 aliphatic carbocycles. The van der Waals surface area contributed by atoms with Crippen molar-refractivity contribution in [1.29, 1.82) is 0 Å². The molecule has 0 unspecified atom stereocenters. The summed E-state index contributed by atoms with van der Waals surface area (Å²) in [6.45, 7) is 3.34. The summed E-state index contributed by atoms with van der Waals surface area (Å²) in [5, 5.41) is 0. The summed E-state index contributed by atoms with van der Waals surface area (Å²) in [4.78, 5) is -0.0222. The van der Waals surface area contributed by atoms with E-state index in [1.165, 1.54) is 6.07 Å². The molecule has 0 saturated heterocycles. The lowest BCUT2D eigenvalue weighted by Gasteiger charge is -2.10.